The molecule has 12 heteroatoms. The molecule has 1 atom stereocenters. The van der Waals surface area contributed by atoms with Crippen LogP contribution in [-0.4, -0.2) is 49.7 Å². The molecule has 1 unspecified atom stereocenters. The number of ether oxygens (including phenoxy) is 1. The molecule has 1 fully saturated rings. The maximum Gasteiger partial charge on any atom is 0.416 e. The Hall–Kier alpha value is -3.54. The maximum atomic E-state index is 13.2. The lowest BCUT2D eigenvalue weighted by Crippen LogP contribution is -2.49. The number of nitrogens with zero attached hydrogens (tertiary/aromatic N) is 1. The van der Waals surface area contributed by atoms with Crippen molar-refractivity contribution in [2.75, 3.05) is 26.7 Å². The highest BCUT2D eigenvalue weighted by Gasteiger charge is 2.39. The van der Waals surface area contributed by atoms with Crippen LogP contribution in [-0.2, 0) is 33.8 Å². The highest BCUT2D eigenvalue weighted by Crippen LogP contribution is 2.43. The molecule has 40 heavy (non-hydrogen) atoms. The van der Waals surface area contributed by atoms with Crippen molar-refractivity contribution in [2.24, 2.45) is 0 Å². The van der Waals surface area contributed by atoms with E-state index in [4.69, 9.17) is 0 Å². The lowest BCUT2D eigenvalue weighted by molar-refractivity contribution is -0.143. The fourth-order valence-electron chi connectivity index (χ4n) is 5.26. The number of fused-ring (bicyclic) bond motifs is 2. The van der Waals surface area contributed by atoms with Crippen molar-refractivity contribution < 1.29 is 40.7 Å². The average Bonchev–Trinajstić information content (AvgIpc) is 3.27. The van der Waals surface area contributed by atoms with Crippen LogP contribution in [0.3, 0.4) is 0 Å². The number of halogens is 6. The molecule has 1 aliphatic heterocycles. The van der Waals surface area contributed by atoms with E-state index in [1.807, 2.05) is 12.1 Å². The van der Waals surface area contributed by atoms with Crippen LogP contribution in [0.15, 0.2) is 48.5 Å². The van der Waals surface area contributed by atoms with Crippen LogP contribution in [0.1, 0.15) is 47.1 Å². The van der Waals surface area contributed by atoms with Gasteiger partial charge in [-0.3, -0.25) is 4.79 Å². The zero-order valence-electron chi connectivity index (χ0n) is 21.7. The molecule has 1 saturated heterocycles. The summed E-state index contributed by atoms with van der Waals surface area (Å²) in [5, 5.41) is 4.76. The van der Waals surface area contributed by atoms with E-state index in [1.54, 1.807) is 0 Å². The number of amides is 2. The van der Waals surface area contributed by atoms with E-state index in [9.17, 15) is 35.9 Å². The minimum atomic E-state index is -5.00. The molecular formula is C28H29F6N3O3. The molecule has 2 amide bonds. The van der Waals surface area contributed by atoms with Crippen LogP contribution in [0.25, 0.3) is 6.08 Å². The maximum absolute atomic E-state index is 13.2. The van der Waals surface area contributed by atoms with Crippen molar-refractivity contribution in [1.82, 2.24) is 15.5 Å². The number of alkyl halides is 6. The minimum absolute atomic E-state index is 0.0235. The molecule has 1 spiro atoms. The summed E-state index contributed by atoms with van der Waals surface area (Å²) in [4.78, 5) is 26.9. The number of carbonyl (C=O) groups is 2. The Morgan fingerprint density at radius 1 is 1.00 bits per heavy atom. The molecule has 216 valence electrons. The largest absolute Gasteiger partial charge is 0.453 e. The van der Waals surface area contributed by atoms with E-state index >= 15 is 0 Å². The lowest BCUT2D eigenvalue weighted by atomic mass is 9.74. The van der Waals surface area contributed by atoms with Crippen LogP contribution < -0.4 is 10.6 Å². The number of piperidine rings is 1. The summed E-state index contributed by atoms with van der Waals surface area (Å²) in [7, 11) is 1.11. The molecule has 0 aromatic heterocycles. The Kier molecular flexibility index (Phi) is 8.48. The summed E-state index contributed by atoms with van der Waals surface area (Å²) in [6.07, 6.45) is -4.61. The second-order valence-electron chi connectivity index (χ2n) is 10.0. The molecule has 0 saturated carbocycles. The van der Waals surface area contributed by atoms with Gasteiger partial charge in [-0.1, -0.05) is 36.4 Å². The van der Waals surface area contributed by atoms with Gasteiger partial charge in [-0.2, -0.15) is 26.3 Å². The fraction of sp³-hybridized carbons (Fsp3) is 0.429. The Morgan fingerprint density at radius 2 is 1.62 bits per heavy atom. The number of methoxy groups -OCH3 is 1. The van der Waals surface area contributed by atoms with E-state index < -0.39 is 48.1 Å². The van der Waals surface area contributed by atoms with Crippen molar-refractivity contribution in [3.8, 4) is 0 Å². The normalized spacial score (nSPS) is 17.4. The van der Waals surface area contributed by atoms with Gasteiger partial charge in [0.05, 0.1) is 18.2 Å². The van der Waals surface area contributed by atoms with E-state index in [1.165, 1.54) is 11.1 Å². The SMILES string of the molecule is COC(=O)NC(CCN1CCC2(C=Cc3ccccc32)CC1)C(=O)NCc1cc(C(F)(F)F)cc(C(F)(F)F)c1. The van der Waals surface area contributed by atoms with Gasteiger partial charge >= 0.3 is 18.4 Å². The average molecular weight is 570 g/mol. The second kappa shape index (κ2) is 11.5. The summed E-state index contributed by atoms with van der Waals surface area (Å²) >= 11 is 0. The first-order valence-corrected chi connectivity index (χ1v) is 12.7. The molecule has 2 aromatic rings. The number of hydrogen-bond acceptors (Lipinski definition) is 4. The summed E-state index contributed by atoms with van der Waals surface area (Å²) in [5.74, 6) is -0.752. The molecule has 2 N–H and O–H groups in total. The number of allylic oxidation sites excluding steroid dienone is 1. The first kappa shape index (κ1) is 29.4. The van der Waals surface area contributed by atoms with Crippen LogP contribution in [0, 0.1) is 0 Å². The third kappa shape index (κ3) is 6.78. The Morgan fingerprint density at radius 3 is 2.23 bits per heavy atom. The van der Waals surface area contributed by atoms with Crippen LogP contribution >= 0.6 is 0 Å². The predicted molar refractivity (Wildman–Crippen MR) is 135 cm³/mol. The number of rotatable bonds is 7. The highest BCUT2D eigenvalue weighted by atomic mass is 19.4. The van der Waals surface area contributed by atoms with Gasteiger partial charge in [0.15, 0.2) is 0 Å². The quantitative estimate of drug-likeness (QED) is 0.432. The van der Waals surface area contributed by atoms with Gasteiger partial charge in [0.1, 0.15) is 6.04 Å². The Bertz CT molecular complexity index is 1230. The van der Waals surface area contributed by atoms with Crippen molar-refractivity contribution >= 4 is 18.1 Å². The third-order valence-electron chi connectivity index (χ3n) is 7.47. The zero-order chi connectivity index (χ0) is 29.1. The number of likely N-dealkylation sites (tertiary alicyclic amines) is 1. The predicted octanol–water partition coefficient (Wildman–Crippen LogP) is 5.52. The standard InChI is InChI=1S/C28H29F6N3O3/c1-40-25(39)36-23(7-11-37-12-9-26(10-13-37)8-6-19-4-2-3-5-22(19)26)24(38)35-17-18-14-20(27(29,30)31)16-21(15-18)28(32,33)34/h2-6,8,14-16,23H,7,9-13,17H2,1H3,(H,35,38)(H,36,39). The van der Waals surface area contributed by atoms with Gasteiger partial charge in [-0.25, -0.2) is 4.79 Å². The Labute approximate surface area is 227 Å². The Balaban J connectivity index is 1.38. The van der Waals surface area contributed by atoms with E-state index in [-0.39, 0.29) is 23.5 Å². The topological polar surface area (TPSA) is 70.7 Å². The molecule has 2 aromatic carbocycles. The molecule has 0 bridgehead atoms. The van der Waals surface area contributed by atoms with Crippen molar-refractivity contribution in [2.45, 2.75) is 49.6 Å². The molecular weight excluding hydrogens is 540 g/mol. The van der Waals surface area contributed by atoms with Crippen LogP contribution in [0.5, 0.6) is 0 Å². The lowest BCUT2D eigenvalue weighted by Gasteiger charge is -2.39. The van der Waals surface area contributed by atoms with Crippen molar-refractivity contribution in [3.05, 3.63) is 76.4 Å². The number of carbonyl (C=O) groups excluding carboxylic acids is 2. The third-order valence-corrected chi connectivity index (χ3v) is 7.47. The summed E-state index contributed by atoms with van der Waals surface area (Å²) < 4.78 is 83.6. The van der Waals surface area contributed by atoms with E-state index in [0.717, 1.165) is 33.0 Å². The fourth-order valence-corrected chi connectivity index (χ4v) is 5.26. The van der Waals surface area contributed by atoms with E-state index in [2.05, 4.69) is 44.6 Å². The second-order valence-corrected chi connectivity index (χ2v) is 10.0. The van der Waals surface area contributed by atoms with E-state index in [0.29, 0.717) is 18.7 Å². The van der Waals surface area contributed by atoms with Crippen molar-refractivity contribution in [3.63, 3.8) is 0 Å². The van der Waals surface area contributed by atoms with Gasteiger partial charge in [-0.15, -0.1) is 0 Å². The first-order valence-electron chi connectivity index (χ1n) is 12.7. The minimum Gasteiger partial charge on any atom is -0.453 e. The first-order chi connectivity index (χ1) is 18.8. The smallest absolute Gasteiger partial charge is 0.416 e. The molecule has 0 radical (unpaired) electrons. The zero-order valence-corrected chi connectivity index (χ0v) is 21.7. The molecule has 2 aliphatic rings. The summed E-state index contributed by atoms with van der Waals surface area (Å²) in [6, 6.07) is 8.25. The van der Waals surface area contributed by atoms with Crippen LogP contribution in [0.4, 0.5) is 31.1 Å². The monoisotopic (exact) mass is 569 g/mol. The van der Waals surface area contributed by atoms with Gasteiger partial charge in [0.25, 0.3) is 0 Å². The van der Waals surface area contributed by atoms with Gasteiger partial charge < -0.3 is 20.3 Å². The molecule has 4 rings (SSSR count). The molecule has 6 nitrogen and oxygen atoms in total. The van der Waals surface area contributed by atoms with Gasteiger partial charge in [-0.05, 0) is 67.2 Å². The molecule has 1 heterocycles. The highest BCUT2D eigenvalue weighted by molar-refractivity contribution is 5.85. The summed E-state index contributed by atoms with van der Waals surface area (Å²) in [6.45, 7) is 1.33. The number of benzene rings is 2. The number of nitrogens with one attached hydrogen (secondary N) is 2. The number of alkyl carbamates (subject to hydrolysis) is 1. The van der Waals surface area contributed by atoms with Crippen LogP contribution in [0.2, 0.25) is 0 Å². The van der Waals surface area contributed by atoms with Crippen molar-refractivity contribution in [1.29, 1.82) is 0 Å². The molecule has 1 aliphatic carbocycles. The summed E-state index contributed by atoms with van der Waals surface area (Å²) in [5.41, 5.74) is -0.857. The van der Waals surface area contributed by atoms with Gasteiger partial charge in [0.2, 0.25) is 5.91 Å². The number of hydrogen-bond donors (Lipinski definition) is 2. The van der Waals surface area contributed by atoms with Gasteiger partial charge in [0, 0.05) is 18.5 Å².